The van der Waals surface area contributed by atoms with Crippen LogP contribution in [0.3, 0.4) is 0 Å². The number of hydrogen-bond acceptors (Lipinski definition) is 6. The van der Waals surface area contributed by atoms with Gasteiger partial charge >= 0.3 is 12.2 Å². The lowest BCUT2D eigenvalue weighted by molar-refractivity contribution is 0.0508. The Hall–Kier alpha value is -3.87. The fourth-order valence-corrected chi connectivity index (χ4v) is 4.02. The molecule has 0 radical (unpaired) electrons. The summed E-state index contributed by atoms with van der Waals surface area (Å²) in [5, 5.41) is 13.7. The first-order valence-electron chi connectivity index (χ1n) is 11.0. The predicted octanol–water partition coefficient (Wildman–Crippen LogP) is 4.52. The van der Waals surface area contributed by atoms with Gasteiger partial charge in [0.25, 0.3) is 5.91 Å². The zero-order valence-electron chi connectivity index (χ0n) is 20.0. The molecule has 14 heteroatoms. The van der Waals surface area contributed by atoms with Gasteiger partial charge in [-0.05, 0) is 45.4 Å². The fraction of sp³-hybridized carbons (Fsp3) is 0.348. The lowest BCUT2D eigenvalue weighted by atomic mass is 10.1. The van der Waals surface area contributed by atoms with Gasteiger partial charge in [-0.2, -0.15) is 0 Å². The number of carboxylic acid groups (broad SMARTS) is 1. The van der Waals surface area contributed by atoms with Gasteiger partial charge in [-0.1, -0.05) is 11.6 Å². The Kier molecular flexibility index (Phi) is 8.26. The summed E-state index contributed by atoms with van der Waals surface area (Å²) in [6.45, 7) is 5.56. The fourth-order valence-electron chi connectivity index (χ4n) is 3.66. The molecule has 2 aromatic rings. The molecule has 0 saturated carbocycles. The minimum atomic E-state index is -1.59. The molecule has 3 amide bonds. The summed E-state index contributed by atoms with van der Waals surface area (Å²) < 4.78 is 48.2. The number of hydrogen-bond donors (Lipinski definition) is 5. The van der Waals surface area contributed by atoms with E-state index in [9.17, 15) is 23.2 Å². The monoisotopic (exact) mass is 543 g/mol. The van der Waals surface area contributed by atoms with Crippen LogP contribution in [0.25, 0.3) is 0 Å². The number of benzene rings is 2. The molecule has 5 N–H and O–H groups in total. The molecule has 1 aliphatic rings. The molecule has 0 aromatic heterocycles. The Bertz CT molecular complexity index is 1220. The van der Waals surface area contributed by atoms with Crippen molar-refractivity contribution < 1.29 is 37.4 Å². The van der Waals surface area contributed by atoms with Crippen molar-refractivity contribution in [2.24, 2.45) is 0 Å². The number of hydrazine groups is 1. The van der Waals surface area contributed by atoms with Crippen LogP contribution in [0.15, 0.2) is 24.3 Å². The van der Waals surface area contributed by atoms with E-state index in [1.54, 1.807) is 26.2 Å². The van der Waals surface area contributed by atoms with Crippen molar-refractivity contribution in [1.82, 2.24) is 16.2 Å². The highest BCUT2D eigenvalue weighted by Crippen LogP contribution is 2.41. The third kappa shape index (κ3) is 7.09. The van der Waals surface area contributed by atoms with Crippen molar-refractivity contribution >= 4 is 46.8 Å². The van der Waals surface area contributed by atoms with E-state index in [0.717, 1.165) is 18.2 Å². The van der Waals surface area contributed by atoms with Crippen LogP contribution in [-0.4, -0.2) is 47.9 Å². The first-order chi connectivity index (χ1) is 17.2. The van der Waals surface area contributed by atoms with E-state index in [1.807, 2.05) is 5.43 Å². The quantitative estimate of drug-likeness (QED) is 0.350. The molecule has 200 valence electrons. The predicted molar refractivity (Wildman–Crippen MR) is 130 cm³/mol. The van der Waals surface area contributed by atoms with E-state index in [4.69, 9.17) is 21.4 Å². The zero-order valence-corrected chi connectivity index (χ0v) is 20.8. The SMILES string of the molecule is CC(C)(C)OC(=O)NC1CCN(c2c(F)cc(C(=O)NNC(=O)O)c(Nc3ccc(F)cc3F)c2Cl)C1. The van der Waals surface area contributed by atoms with Crippen LogP contribution >= 0.6 is 11.6 Å². The highest BCUT2D eigenvalue weighted by molar-refractivity contribution is 6.37. The molecule has 37 heavy (non-hydrogen) atoms. The molecular weight excluding hydrogens is 519 g/mol. The van der Waals surface area contributed by atoms with Crippen molar-refractivity contribution in [3.63, 3.8) is 0 Å². The van der Waals surface area contributed by atoms with Gasteiger partial charge in [0.15, 0.2) is 0 Å². The molecule has 1 heterocycles. The van der Waals surface area contributed by atoms with Crippen molar-refractivity contribution in [3.05, 3.63) is 52.3 Å². The second-order valence-corrected chi connectivity index (χ2v) is 9.53. The Morgan fingerprint density at radius 1 is 1.11 bits per heavy atom. The molecule has 0 bridgehead atoms. The lowest BCUT2D eigenvalue weighted by Gasteiger charge is -2.25. The van der Waals surface area contributed by atoms with Gasteiger partial charge in [0.2, 0.25) is 0 Å². The van der Waals surface area contributed by atoms with Crippen LogP contribution in [0.2, 0.25) is 5.02 Å². The smallest absolute Gasteiger partial charge is 0.423 e. The maximum atomic E-state index is 15.3. The van der Waals surface area contributed by atoms with Gasteiger partial charge in [-0.15, -0.1) is 0 Å². The third-order valence-corrected chi connectivity index (χ3v) is 5.51. The summed E-state index contributed by atoms with van der Waals surface area (Å²) in [4.78, 5) is 37.0. The summed E-state index contributed by atoms with van der Waals surface area (Å²) in [6, 6.07) is 3.01. The minimum absolute atomic E-state index is 0.136. The van der Waals surface area contributed by atoms with E-state index in [-0.39, 0.29) is 35.2 Å². The van der Waals surface area contributed by atoms with Crippen molar-refractivity contribution in [1.29, 1.82) is 0 Å². The lowest BCUT2D eigenvalue weighted by Crippen LogP contribution is -2.41. The average Bonchev–Trinajstić information content (AvgIpc) is 3.21. The zero-order chi connectivity index (χ0) is 27.5. The van der Waals surface area contributed by atoms with Gasteiger partial charge in [0.05, 0.1) is 33.7 Å². The summed E-state index contributed by atoms with van der Waals surface area (Å²) in [5.74, 6) is -3.88. The summed E-state index contributed by atoms with van der Waals surface area (Å²) in [7, 11) is 0. The summed E-state index contributed by atoms with van der Waals surface area (Å²) in [6.07, 6.45) is -1.80. The van der Waals surface area contributed by atoms with Crippen LogP contribution in [0.1, 0.15) is 37.6 Å². The van der Waals surface area contributed by atoms with Crippen molar-refractivity contribution in [3.8, 4) is 0 Å². The topological polar surface area (TPSA) is 132 Å². The first-order valence-corrected chi connectivity index (χ1v) is 11.4. The maximum absolute atomic E-state index is 15.3. The molecule has 2 aromatic carbocycles. The molecule has 0 aliphatic carbocycles. The van der Waals surface area contributed by atoms with Gasteiger partial charge in [-0.3, -0.25) is 10.2 Å². The summed E-state index contributed by atoms with van der Waals surface area (Å²) in [5.41, 5.74) is 1.68. The third-order valence-electron chi connectivity index (χ3n) is 5.14. The number of carbonyl (C=O) groups is 3. The Morgan fingerprint density at radius 3 is 2.43 bits per heavy atom. The van der Waals surface area contributed by atoms with E-state index in [1.165, 1.54) is 4.90 Å². The molecule has 3 rings (SSSR count). The molecule has 1 atom stereocenters. The molecule has 10 nitrogen and oxygen atoms in total. The second kappa shape index (κ2) is 11.0. The number of alkyl carbamates (subject to hydrolysis) is 1. The standard InChI is InChI=1S/C23H25ClF3N5O5/c1-23(2,3)37-22(36)28-12-6-7-32(10-12)19-15(27)9-13(20(33)30-31-21(34)35)18(17(19)24)29-16-5-4-11(25)8-14(16)26/h4-5,8-9,12,29,31H,6-7,10H2,1-3H3,(H,28,36)(H,30,33)(H,34,35). The van der Waals surface area contributed by atoms with Crippen LogP contribution in [0.4, 0.5) is 39.8 Å². The molecule has 0 spiro atoms. The van der Waals surface area contributed by atoms with E-state index in [0.29, 0.717) is 12.5 Å². The Morgan fingerprint density at radius 2 is 1.81 bits per heavy atom. The average molecular weight is 544 g/mol. The number of halogens is 4. The number of amides is 3. The van der Waals surface area contributed by atoms with Crippen LogP contribution in [0.5, 0.6) is 0 Å². The van der Waals surface area contributed by atoms with Crippen LogP contribution in [-0.2, 0) is 4.74 Å². The molecule has 1 fully saturated rings. The Labute approximate surface area is 215 Å². The number of carbonyl (C=O) groups excluding carboxylic acids is 2. The number of nitrogens with zero attached hydrogens (tertiary/aromatic N) is 1. The van der Waals surface area contributed by atoms with Gasteiger partial charge in [0, 0.05) is 19.2 Å². The van der Waals surface area contributed by atoms with E-state index < -0.39 is 52.8 Å². The maximum Gasteiger partial charge on any atom is 0.423 e. The highest BCUT2D eigenvalue weighted by atomic mass is 35.5. The summed E-state index contributed by atoms with van der Waals surface area (Å²) >= 11 is 6.51. The molecule has 1 saturated heterocycles. The van der Waals surface area contributed by atoms with E-state index in [2.05, 4.69) is 10.6 Å². The van der Waals surface area contributed by atoms with Crippen LogP contribution < -0.4 is 26.4 Å². The number of anilines is 3. The minimum Gasteiger partial charge on any atom is -0.464 e. The first kappa shape index (κ1) is 27.7. The largest absolute Gasteiger partial charge is 0.464 e. The van der Waals surface area contributed by atoms with Gasteiger partial charge in [-0.25, -0.2) is 28.2 Å². The second-order valence-electron chi connectivity index (χ2n) is 9.15. The normalized spacial score (nSPS) is 15.2. The van der Waals surface area contributed by atoms with Gasteiger partial charge in [0.1, 0.15) is 23.1 Å². The Balaban J connectivity index is 1.94. The van der Waals surface area contributed by atoms with Crippen molar-refractivity contribution in [2.75, 3.05) is 23.3 Å². The highest BCUT2D eigenvalue weighted by Gasteiger charge is 2.31. The number of nitrogens with one attached hydrogen (secondary N) is 4. The molecule has 1 aliphatic heterocycles. The molecular formula is C23H25ClF3N5O5. The number of ether oxygens (including phenoxy) is 1. The van der Waals surface area contributed by atoms with E-state index >= 15 is 4.39 Å². The number of rotatable bonds is 5. The van der Waals surface area contributed by atoms with Crippen molar-refractivity contribution in [2.45, 2.75) is 38.8 Å². The molecule has 1 unspecified atom stereocenters. The van der Waals surface area contributed by atoms with Crippen LogP contribution in [0, 0.1) is 17.5 Å². The van der Waals surface area contributed by atoms with Gasteiger partial charge < -0.3 is 25.4 Å².